The zero-order chi connectivity index (χ0) is 21.6. The number of nitriles is 1. The normalized spacial score (nSPS) is 24.6. The molecule has 1 aromatic rings. The van der Waals surface area contributed by atoms with Crippen LogP contribution in [0.15, 0.2) is 35.9 Å². The molecule has 1 saturated heterocycles. The number of benzene rings is 1. The summed E-state index contributed by atoms with van der Waals surface area (Å²) in [6, 6.07) is 5.48. The third kappa shape index (κ3) is 3.79. The van der Waals surface area contributed by atoms with Gasteiger partial charge in [-0.3, -0.25) is 4.79 Å². The molecule has 1 aliphatic heterocycles. The van der Waals surface area contributed by atoms with Crippen molar-refractivity contribution in [2.75, 3.05) is 11.4 Å². The molecule has 0 aromatic heterocycles. The van der Waals surface area contributed by atoms with Gasteiger partial charge in [0.05, 0.1) is 16.6 Å². The molecule has 1 heterocycles. The van der Waals surface area contributed by atoms with Gasteiger partial charge in [-0.2, -0.15) is 31.6 Å². The number of hydrogen-bond donors (Lipinski definition) is 0. The van der Waals surface area contributed by atoms with Gasteiger partial charge in [0.25, 0.3) is 0 Å². The van der Waals surface area contributed by atoms with E-state index in [4.69, 9.17) is 5.26 Å². The Bertz CT molecular complexity index is 931. The Labute approximate surface area is 160 Å². The van der Waals surface area contributed by atoms with Crippen molar-refractivity contribution in [3.63, 3.8) is 0 Å². The standard InChI is InChI=1S/C18H12F6N2O3/c19-17(20,21)11-2-1-3-12(6-11)26-9-16(5-4-13(27)10(7-16)8-25)14(26)29-15(28)18(22,23)24/h1-3,6-7,14H,4-5,9H2. The Balaban J connectivity index is 1.99. The molecule has 0 N–H and O–H groups in total. The van der Waals surface area contributed by atoms with Crippen LogP contribution in [0.25, 0.3) is 0 Å². The minimum absolute atomic E-state index is 0.0116. The number of rotatable bonds is 2. The minimum atomic E-state index is -5.32. The Kier molecular flexibility index (Phi) is 4.85. The van der Waals surface area contributed by atoms with E-state index in [2.05, 4.69) is 4.74 Å². The van der Waals surface area contributed by atoms with Crippen LogP contribution in [0.5, 0.6) is 0 Å². The van der Waals surface area contributed by atoms with E-state index in [-0.39, 0.29) is 30.6 Å². The maximum atomic E-state index is 13.0. The average Bonchev–Trinajstić information content (AvgIpc) is 2.63. The number of hydrogen-bond acceptors (Lipinski definition) is 5. The average molecular weight is 418 g/mol. The van der Waals surface area contributed by atoms with Gasteiger partial charge in [-0.05, 0) is 30.7 Å². The lowest BCUT2D eigenvalue weighted by atomic mass is 9.68. The lowest BCUT2D eigenvalue weighted by molar-refractivity contribution is -0.214. The van der Waals surface area contributed by atoms with E-state index >= 15 is 0 Å². The van der Waals surface area contributed by atoms with Crippen molar-refractivity contribution in [3.8, 4) is 6.07 Å². The zero-order valence-corrected chi connectivity index (χ0v) is 14.5. The van der Waals surface area contributed by atoms with Gasteiger partial charge in [0.15, 0.2) is 12.0 Å². The summed E-state index contributed by atoms with van der Waals surface area (Å²) in [6.07, 6.45) is -10.6. The molecule has 11 heteroatoms. The van der Waals surface area contributed by atoms with Crippen molar-refractivity contribution in [1.82, 2.24) is 0 Å². The number of allylic oxidation sites excluding steroid dienone is 1. The fraction of sp³-hybridized carbons (Fsp3) is 0.389. The van der Waals surface area contributed by atoms with Crippen molar-refractivity contribution in [3.05, 3.63) is 41.5 Å². The third-order valence-electron chi connectivity index (χ3n) is 4.87. The number of esters is 1. The highest BCUT2D eigenvalue weighted by molar-refractivity contribution is 6.00. The zero-order valence-electron chi connectivity index (χ0n) is 14.5. The number of Topliss-reactive ketones (excluding diaryl/α,β-unsaturated/α-hetero) is 1. The van der Waals surface area contributed by atoms with E-state index in [9.17, 15) is 35.9 Å². The van der Waals surface area contributed by atoms with Crippen LogP contribution in [-0.4, -0.2) is 30.7 Å². The predicted octanol–water partition coefficient (Wildman–Crippen LogP) is 3.76. The predicted molar refractivity (Wildman–Crippen MR) is 85.1 cm³/mol. The first-order chi connectivity index (χ1) is 13.4. The highest BCUT2D eigenvalue weighted by Gasteiger charge is 2.58. The van der Waals surface area contributed by atoms with E-state index in [1.165, 1.54) is 6.07 Å². The summed E-state index contributed by atoms with van der Waals surface area (Å²) in [5, 5.41) is 9.05. The van der Waals surface area contributed by atoms with Crippen molar-refractivity contribution in [2.45, 2.75) is 31.4 Å². The van der Waals surface area contributed by atoms with Gasteiger partial charge in [-0.25, -0.2) is 4.79 Å². The first-order valence-corrected chi connectivity index (χ1v) is 8.25. The van der Waals surface area contributed by atoms with E-state index in [0.29, 0.717) is 0 Å². The molecule has 0 amide bonds. The number of halogens is 6. The fourth-order valence-electron chi connectivity index (χ4n) is 3.45. The van der Waals surface area contributed by atoms with Crippen LogP contribution in [0.2, 0.25) is 0 Å². The number of carbonyl (C=O) groups is 2. The van der Waals surface area contributed by atoms with Gasteiger partial charge in [0.1, 0.15) is 6.07 Å². The molecule has 0 radical (unpaired) electrons. The molecular weight excluding hydrogens is 406 g/mol. The number of alkyl halides is 6. The summed E-state index contributed by atoms with van der Waals surface area (Å²) in [5.74, 6) is -3.01. The first-order valence-electron chi connectivity index (χ1n) is 8.25. The second-order valence-electron chi connectivity index (χ2n) is 6.76. The molecular formula is C18H12F6N2O3. The molecule has 1 aliphatic carbocycles. The molecule has 5 nitrogen and oxygen atoms in total. The second-order valence-corrected chi connectivity index (χ2v) is 6.76. The molecule has 2 aliphatic rings. The summed E-state index contributed by atoms with van der Waals surface area (Å²) in [4.78, 5) is 24.2. The van der Waals surface area contributed by atoms with Gasteiger partial charge < -0.3 is 9.64 Å². The minimum Gasteiger partial charge on any atom is -0.434 e. The molecule has 1 spiro atoms. The molecule has 1 aromatic carbocycles. The van der Waals surface area contributed by atoms with Crippen LogP contribution in [-0.2, 0) is 20.5 Å². The van der Waals surface area contributed by atoms with Crippen molar-refractivity contribution >= 4 is 17.4 Å². The van der Waals surface area contributed by atoms with Crippen LogP contribution in [0, 0.1) is 16.7 Å². The number of ketones is 1. The smallest absolute Gasteiger partial charge is 0.434 e. The quantitative estimate of drug-likeness (QED) is 0.541. The summed E-state index contributed by atoms with van der Waals surface area (Å²) in [7, 11) is 0. The van der Waals surface area contributed by atoms with Gasteiger partial charge in [-0.15, -0.1) is 0 Å². The molecule has 3 rings (SSSR count). The Morgan fingerprint density at radius 1 is 1.24 bits per heavy atom. The first kappa shape index (κ1) is 20.7. The van der Waals surface area contributed by atoms with E-state index < -0.39 is 41.3 Å². The maximum Gasteiger partial charge on any atom is 0.491 e. The van der Waals surface area contributed by atoms with Gasteiger partial charge >= 0.3 is 18.3 Å². The highest BCUT2D eigenvalue weighted by Crippen LogP contribution is 2.50. The van der Waals surface area contributed by atoms with Crippen LogP contribution in [0.3, 0.4) is 0 Å². The van der Waals surface area contributed by atoms with E-state index in [1.807, 2.05) is 0 Å². The van der Waals surface area contributed by atoms with Gasteiger partial charge in [0.2, 0.25) is 0 Å². The highest BCUT2D eigenvalue weighted by atomic mass is 19.4. The van der Waals surface area contributed by atoms with Gasteiger partial charge in [0, 0.05) is 18.7 Å². The molecule has 2 unspecified atom stereocenters. The van der Waals surface area contributed by atoms with Crippen molar-refractivity contribution in [1.29, 1.82) is 5.26 Å². The van der Waals surface area contributed by atoms with Gasteiger partial charge in [-0.1, -0.05) is 6.07 Å². The van der Waals surface area contributed by atoms with Crippen LogP contribution < -0.4 is 4.90 Å². The maximum absolute atomic E-state index is 13.0. The Morgan fingerprint density at radius 3 is 2.52 bits per heavy atom. The lowest BCUT2D eigenvalue weighted by Gasteiger charge is -2.56. The SMILES string of the molecule is N#CC1=CC2(CCC1=O)CN(c1cccc(C(F)(F)F)c1)C2OC(=O)C(F)(F)F. The fourth-order valence-corrected chi connectivity index (χ4v) is 3.45. The third-order valence-corrected chi connectivity index (χ3v) is 4.87. The molecule has 154 valence electrons. The van der Waals surface area contributed by atoms with Crippen molar-refractivity contribution in [2.24, 2.45) is 5.41 Å². The summed E-state index contributed by atoms with van der Waals surface area (Å²) < 4.78 is 81.6. The van der Waals surface area contributed by atoms with E-state index in [0.717, 1.165) is 29.2 Å². The number of nitrogens with zero attached hydrogens (tertiary/aromatic N) is 2. The number of anilines is 1. The Hall–Kier alpha value is -3.03. The summed E-state index contributed by atoms with van der Waals surface area (Å²) in [5.41, 5.74) is -2.69. The molecule has 0 bridgehead atoms. The van der Waals surface area contributed by atoms with Crippen LogP contribution in [0.1, 0.15) is 18.4 Å². The summed E-state index contributed by atoms with van der Waals surface area (Å²) in [6.45, 7) is -0.122. The Morgan fingerprint density at radius 2 is 1.93 bits per heavy atom. The molecule has 29 heavy (non-hydrogen) atoms. The number of ether oxygens (including phenoxy) is 1. The molecule has 1 fully saturated rings. The number of carbonyl (C=O) groups excluding carboxylic acids is 2. The monoisotopic (exact) mass is 418 g/mol. The van der Waals surface area contributed by atoms with Crippen LogP contribution >= 0.6 is 0 Å². The van der Waals surface area contributed by atoms with Crippen LogP contribution in [0.4, 0.5) is 32.0 Å². The second kappa shape index (κ2) is 6.79. The lowest BCUT2D eigenvalue weighted by Crippen LogP contribution is -2.67. The summed E-state index contributed by atoms with van der Waals surface area (Å²) >= 11 is 0. The topological polar surface area (TPSA) is 70.4 Å². The van der Waals surface area contributed by atoms with E-state index in [1.54, 1.807) is 6.07 Å². The van der Waals surface area contributed by atoms with Crippen molar-refractivity contribution < 1.29 is 40.7 Å². The molecule has 2 atom stereocenters. The molecule has 0 saturated carbocycles. The largest absolute Gasteiger partial charge is 0.491 e.